The lowest BCUT2D eigenvalue weighted by Gasteiger charge is -2.26. The van der Waals surface area contributed by atoms with Gasteiger partial charge in [-0.1, -0.05) is 6.92 Å². The van der Waals surface area contributed by atoms with E-state index in [0.717, 1.165) is 25.9 Å². The van der Waals surface area contributed by atoms with E-state index >= 15 is 0 Å². The molecule has 1 N–H and O–H groups in total. The van der Waals surface area contributed by atoms with Crippen LogP contribution in [0.4, 0.5) is 0 Å². The third-order valence-corrected chi connectivity index (χ3v) is 2.16. The van der Waals surface area contributed by atoms with Crippen LogP contribution < -0.4 is 5.32 Å². The fourth-order valence-electron chi connectivity index (χ4n) is 1.23. The minimum absolute atomic E-state index is 0.316. The number of aromatic nitrogens is 2. The highest BCUT2D eigenvalue weighted by Gasteiger charge is 2.18. The summed E-state index contributed by atoms with van der Waals surface area (Å²) in [4.78, 5) is 0. The van der Waals surface area contributed by atoms with Crippen LogP contribution in [0.15, 0.2) is 4.42 Å². The van der Waals surface area contributed by atoms with Crippen molar-refractivity contribution in [2.75, 3.05) is 13.1 Å². The molecule has 0 spiro atoms. The van der Waals surface area contributed by atoms with Gasteiger partial charge < -0.3 is 14.5 Å². The molecule has 2 heterocycles. The van der Waals surface area contributed by atoms with Gasteiger partial charge in [-0.05, 0) is 6.42 Å². The number of nitrogens with one attached hydrogen (secondary N) is 1. The summed E-state index contributed by atoms with van der Waals surface area (Å²) >= 11 is 0. The summed E-state index contributed by atoms with van der Waals surface area (Å²) in [7, 11) is 0. The van der Waals surface area contributed by atoms with E-state index in [1.165, 1.54) is 0 Å². The fraction of sp³-hybridized carbons (Fsp3) is 0.778. The van der Waals surface area contributed by atoms with Gasteiger partial charge in [0.1, 0.15) is 6.61 Å². The molecule has 1 aromatic rings. The van der Waals surface area contributed by atoms with Gasteiger partial charge in [-0.25, -0.2) is 0 Å². The van der Waals surface area contributed by atoms with Gasteiger partial charge in [0.2, 0.25) is 11.8 Å². The topological polar surface area (TPSA) is 60.2 Å². The van der Waals surface area contributed by atoms with Crippen LogP contribution in [0.25, 0.3) is 0 Å². The van der Waals surface area contributed by atoms with Crippen LogP contribution >= 0.6 is 0 Å². The van der Waals surface area contributed by atoms with Crippen LogP contribution in [0, 0.1) is 0 Å². The Kier molecular flexibility index (Phi) is 3.10. The standard InChI is InChI=1S/C9H15N3O2/c1-2-3-8-11-12-9(14-8)6-13-7-4-10-5-7/h7,10H,2-6H2,1H3. The first-order valence-electron chi connectivity index (χ1n) is 5.02. The van der Waals surface area contributed by atoms with E-state index in [2.05, 4.69) is 22.4 Å². The SMILES string of the molecule is CCCc1nnc(COC2CNC2)o1. The molecular weight excluding hydrogens is 182 g/mol. The van der Waals surface area contributed by atoms with Crippen molar-refractivity contribution in [2.45, 2.75) is 32.5 Å². The molecule has 5 nitrogen and oxygen atoms in total. The normalized spacial score (nSPS) is 16.9. The summed E-state index contributed by atoms with van der Waals surface area (Å²) < 4.78 is 10.9. The highest BCUT2D eigenvalue weighted by Crippen LogP contribution is 2.06. The molecule has 0 radical (unpaired) electrons. The first-order valence-corrected chi connectivity index (χ1v) is 5.02. The van der Waals surface area contributed by atoms with Gasteiger partial charge in [0.25, 0.3) is 0 Å². The smallest absolute Gasteiger partial charge is 0.242 e. The van der Waals surface area contributed by atoms with Gasteiger partial charge >= 0.3 is 0 Å². The van der Waals surface area contributed by atoms with E-state index in [1.807, 2.05) is 0 Å². The second kappa shape index (κ2) is 4.52. The van der Waals surface area contributed by atoms with E-state index in [4.69, 9.17) is 9.15 Å². The molecule has 0 bridgehead atoms. The molecule has 0 atom stereocenters. The summed E-state index contributed by atoms with van der Waals surface area (Å²) in [6, 6.07) is 0. The van der Waals surface area contributed by atoms with Crippen molar-refractivity contribution in [3.05, 3.63) is 11.8 Å². The molecule has 0 aliphatic carbocycles. The van der Waals surface area contributed by atoms with Crippen LogP contribution in [0.2, 0.25) is 0 Å². The zero-order valence-corrected chi connectivity index (χ0v) is 8.32. The number of hydrogen-bond donors (Lipinski definition) is 1. The Bertz CT molecular complexity index is 283. The van der Waals surface area contributed by atoms with Crippen LogP contribution in [-0.2, 0) is 17.8 Å². The Morgan fingerprint density at radius 2 is 2.21 bits per heavy atom. The van der Waals surface area contributed by atoms with Gasteiger partial charge in [-0.3, -0.25) is 0 Å². The predicted octanol–water partition coefficient (Wildman–Crippen LogP) is 0.510. The first-order chi connectivity index (χ1) is 6.88. The Morgan fingerprint density at radius 3 is 2.86 bits per heavy atom. The van der Waals surface area contributed by atoms with Gasteiger partial charge in [0.05, 0.1) is 6.10 Å². The van der Waals surface area contributed by atoms with Crippen LogP contribution in [0.1, 0.15) is 25.1 Å². The van der Waals surface area contributed by atoms with Crippen LogP contribution in [0.3, 0.4) is 0 Å². The lowest BCUT2D eigenvalue weighted by molar-refractivity contribution is -0.00246. The molecule has 78 valence electrons. The highest BCUT2D eigenvalue weighted by atomic mass is 16.5. The Morgan fingerprint density at radius 1 is 1.43 bits per heavy atom. The predicted molar refractivity (Wildman–Crippen MR) is 49.7 cm³/mol. The van der Waals surface area contributed by atoms with E-state index in [9.17, 15) is 0 Å². The molecule has 14 heavy (non-hydrogen) atoms. The van der Waals surface area contributed by atoms with E-state index < -0.39 is 0 Å². The van der Waals surface area contributed by atoms with Crippen molar-refractivity contribution >= 4 is 0 Å². The molecular formula is C9H15N3O2. The summed E-state index contributed by atoms with van der Waals surface area (Å²) in [6.07, 6.45) is 2.18. The number of ether oxygens (including phenoxy) is 1. The van der Waals surface area contributed by atoms with Crippen LogP contribution in [0.5, 0.6) is 0 Å². The summed E-state index contributed by atoms with van der Waals surface area (Å²) in [5, 5.41) is 10.9. The molecule has 1 aliphatic heterocycles. The lowest BCUT2D eigenvalue weighted by Crippen LogP contribution is -2.48. The van der Waals surface area contributed by atoms with Gasteiger partial charge in [0, 0.05) is 19.5 Å². The largest absolute Gasteiger partial charge is 0.423 e. The average molecular weight is 197 g/mol. The minimum atomic E-state index is 0.316. The Balaban J connectivity index is 1.77. The molecule has 0 unspecified atom stereocenters. The minimum Gasteiger partial charge on any atom is -0.423 e. The summed E-state index contributed by atoms with van der Waals surface area (Å²) in [6.45, 7) is 4.37. The lowest BCUT2D eigenvalue weighted by atomic mass is 10.2. The molecule has 5 heteroatoms. The third kappa shape index (κ3) is 2.30. The Labute approximate surface area is 82.8 Å². The molecule has 1 saturated heterocycles. The maximum Gasteiger partial charge on any atom is 0.242 e. The number of nitrogens with zero attached hydrogens (tertiary/aromatic N) is 2. The fourth-order valence-corrected chi connectivity index (χ4v) is 1.23. The number of aryl methyl sites for hydroxylation is 1. The average Bonchev–Trinajstić information content (AvgIpc) is 2.51. The quantitative estimate of drug-likeness (QED) is 0.745. The van der Waals surface area contributed by atoms with Gasteiger partial charge in [-0.15, -0.1) is 10.2 Å². The monoisotopic (exact) mass is 197 g/mol. The molecule has 2 rings (SSSR count). The second-order valence-electron chi connectivity index (χ2n) is 3.43. The van der Waals surface area contributed by atoms with Gasteiger partial charge in [-0.2, -0.15) is 0 Å². The van der Waals surface area contributed by atoms with Gasteiger partial charge in [0.15, 0.2) is 0 Å². The molecule has 0 amide bonds. The van der Waals surface area contributed by atoms with Crippen molar-refractivity contribution in [3.8, 4) is 0 Å². The Hall–Kier alpha value is -0.940. The maximum atomic E-state index is 5.50. The van der Waals surface area contributed by atoms with E-state index in [-0.39, 0.29) is 0 Å². The van der Waals surface area contributed by atoms with Crippen molar-refractivity contribution in [3.63, 3.8) is 0 Å². The van der Waals surface area contributed by atoms with Crippen molar-refractivity contribution < 1.29 is 9.15 Å². The van der Waals surface area contributed by atoms with E-state index in [1.54, 1.807) is 0 Å². The third-order valence-electron chi connectivity index (χ3n) is 2.16. The molecule has 1 aliphatic rings. The van der Waals surface area contributed by atoms with Crippen molar-refractivity contribution in [1.82, 2.24) is 15.5 Å². The zero-order valence-electron chi connectivity index (χ0n) is 8.32. The molecule has 1 fully saturated rings. The zero-order chi connectivity index (χ0) is 9.80. The molecule has 0 saturated carbocycles. The van der Waals surface area contributed by atoms with Crippen molar-refractivity contribution in [2.24, 2.45) is 0 Å². The summed E-state index contributed by atoms with van der Waals surface area (Å²) in [5.74, 6) is 1.29. The molecule has 0 aromatic carbocycles. The molecule has 1 aromatic heterocycles. The number of hydrogen-bond acceptors (Lipinski definition) is 5. The van der Waals surface area contributed by atoms with Crippen molar-refractivity contribution in [1.29, 1.82) is 0 Å². The number of rotatable bonds is 5. The maximum absolute atomic E-state index is 5.50. The summed E-state index contributed by atoms with van der Waals surface area (Å²) in [5.41, 5.74) is 0. The first kappa shape index (κ1) is 9.61. The van der Waals surface area contributed by atoms with Crippen LogP contribution in [-0.4, -0.2) is 29.4 Å². The second-order valence-corrected chi connectivity index (χ2v) is 3.43. The highest BCUT2D eigenvalue weighted by molar-refractivity contribution is 4.81. The van der Waals surface area contributed by atoms with E-state index in [0.29, 0.717) is 24.5 Å².